The van der Waals surface area contributed by atoms with Gasteiger partial charge in [0.05, 0.1) is 23.4 Å². The van der Waals surface area contributed by atoms with Crippen LogP contribution in [-0.4, -0.2) is 27.7 Å². The van der Waals surface area contributed by atoms with Crippen LogP contribution in [0.25, 0.3) is 5.57 Å². The predicted molar refractivity (Wildman–Crippen MR) is 168 cm³/mol. The Morgan fingerprint density at radius 3 is 2.62 bits per heavy atom. The molecule has 0 saturated heterocycles. The average molecular weight is 574 g/mol. The normalized spacial score (nSPS) is 12.5. The Balaban J connectivity index is 2.18. The van der Waals surface area contributed by atoms with Gasteiger partial charge in [0.1, 0.15) is 5.75 Å². The number of nitro groups is 1. The maximum absolute atomic E-state index is 14.2. The van der Waals surface area contributed by atoms with Crippen molar-refractivity contribution in [3.63, 3.8) is 0 Å². The molecule has 0 fully saturated rings. The highest BCUT2D eigenvalue weighted by Crippen LogP contribution is 2.34. The summed E-state index contributed by atoms with van der Waals surface area (Å²) in [5, 5.41) is 14.4. The van der Waals surface area contributed by atoms with Crippen molar-refractivity contribution >= 4 is 28.6 Å². The Bertz CT molecular complexity index is 1510. The quantitative estimate of drug-likeness (QED) is 0.125. The molecule has 0 radical (unpaired) electrons. The number of aromatic nitrogens is 2. The molecule has 0 aliphatic carbocycles. The van der Waals surface area contributed by atoms with E-state index in [0.29, 0.717) is 12.1 Å². The minimum absolute atomic E-state index is 0.0968. The lowest BCUT2D eigenvalue weighted by atomic mass is 9.86. The fourth-order valence-electron chi connectivity index (χ4n) is 4.98. The van der Waals surface area contributed by atoms with Crippen LogP contribution in [0.4, 0.5) is 21.7 Å². The van der Waals surface area contributed by atoms with E-state index in [9.17, 15) is 14.5 Å². The summed E-state index contributed by atoms with van der Waals surface area (Å²) in [5.74, 6) is -0.552. The lowest BCUT2D eigenvalue weighted by Crippen LogP contribution is -2.12. The number of ether oxygens (including phenoxy) is 1. The molecule has 0 saturated carbocycles. The molecule has 42 heavy (non-hydrogen) atoms. The number of nitrogens with zero attached hydrogens (tertiary/aromatic N) is 4. The number of benzene rings is 2. The molecular formula is C33H40FN5O3. The maximum atomic E-state index is 14.2. The van der Waals surface area contributed by atoms with Gasteiger partial charge in [-0.1, -0.05) is 51.5 Å². The van der Waals surface area contributed by atoms with E-state index in [2.05, 4.69) is 61.2 Å². The molecule has 0 amide bonds. The summed E-state index contributed by atoms with van der Waals surface area (Å²) >= 11 is 0. The van der Waals surface area contributed by atoms with E-state index in [1.165, 1.54) is 23.8 Å². The van der Waals surface area contributed by atoms with Gasteiger partial charge in [-0.05, 0) is 73.4 Å². The molecule has 0 unspecified atom stereocenters. The van der Waals surface area contributed by atoms with Crippen molar-refractivity contribution in [1.82, 2.24) is 9.97 Å². The van der Waals surface area contributed by atoms with Crippen molar-refractivity contribution in [3.05, 3.63) is 98.8 Å². The average Bonchev–Trinajstić information content (AvgIpc) is 2.96. The van der Waals surface area contributed by atoms with Crippen molar-refractivity contribution in [3.8, 4) is 5.75 Å². The minimum atomic E-state index is -0.990. The molecule has 0 bridgehead atoms. The lowest BCUT2D eigenvalue weighted by molar-refractivity contribution is -0.387. The second-order valence-corrected chi connectivity index (χ2v) is 10.4. The summed E-state index contributed by atoms with van der Waals surface area (Å²) in [6.45, 7) is 12.6. The summed E-state index contributed by atoms with van der Waals surface area (Å²) in [4.78, 5) is 24.5. The van der Waals surface area contributed by atoms with Crippen LogP contribution in [0.1, 0.15) is 69.8 Å². The molecule has 0 aliphatic rings. The van der Waals surface area contributed by atoms with Crippen molar-refractivity contribution in [2.75, 3.05) is 12.4 Å². The number of halogens is 1. The number of hydrogen-bond donors (Lipinski definition) is 1. The van der Waals surface area contributed by atoms with Crippen molar-refractivity contribution in [1.29, 1.82) is 0 Å². The van der Waals surface area contributed by atoms with Gasteiger partial charge in [-0.25, -0.2) is 9.97 Å². The first-order chi connectivity index (χ1) is 20.1. The van der Waals surface area contributed by atoms with E-state index < -0.39 is 16.4 Å². The number of aliphatic imine (C=N–C) groups is 1. The predicted octanol–water partition coefficient (Wildman–Crippen LogP) is 8.57. The van der Waals surface area contributed by atoms with E-state index in [4.69, 9.17) is 9.72 Å². The highest BCUT2D eigenvalue weighted by atomic mass is 19.1. The third-order valence-corrected chi connectivity index (χ3v) is 7.11. The molecule has 0 aliphatic heterocycles. The van der Waals surface area contributed by atoms with Gasteiger partial charge in [0.15, 0.2) is 0 Å². The summed E-state index contributed by atoms with van der Waals surface area (Å²) in [6, 6.07) is 10.4. The van der Waals surface area contributed by atoms with E-state index >= 15 is 0 Å². The molecular weight excluding hydrogens is 533 g/mol. The standard InChI is InChI=1S/C33H40FN5O3/c1-8-10-12-24-13-11-14-25(22(24)5)18-26(32(21(3)4)23(6)35-16-9-2)28-15-17-36-33(37-28)38-29-20-30(39(40)41)27(34)19-31(29)42-7/h9,11,13-17,19-21H,8,10,12,18H2,1-7H3,(H,36,37,38)/b16-9-,32-26-,35-23+. The second kappa shape index (κ2) is 15.0. The number of allylic oxidation sites excluding steroid dienone is 3. The largest absolute Gasteiger partial charge is 0.494 e. The molecule has 9 heteroatoms. The SMILES string of the molecule is C\C=C/N=C(C)/C(=C(/Cc1cccc(CCCC)c1C)c1ccnc(Nc2cc([N+](=O)[O-])c(F)cc2OC)n1)C(C)C. The third-order valence-electron chi connectivity index (χ3n) is 7.11. The third kappa shape index (κ3) is 7.87. The molecule has 8 nitrogen and oxygen atoms in total. The Morgan fingerprint density at radius 1 is 1.24 bits per heavy atom. The zero-order chi connectivity index (χ0) is 30.8. The zero-order valence-electron chi connectivity index (χ0n) is 25.5. The smallest absolute Gasteiger partial charge is 0.307 e. The van der Waals surface area contributed by atoms with E-state index in [-0.39, 0.29) is 23.3 Å². The topological polar surface area (TPSA) is 103 Å². The van der Waals surface area contributed by atoms with Crippen molar-refractivity contribution in [2.24, 2.45) is 10.9 Å². The van der Waals surface area contributed by atoms with Gasteiger partial charge >= 0.3 is 5.69 Å². The van der Waals surface area contributed by atoms with Gasteiger partial charge in [0, 0.05) is 36.7 Å². The van der Waals surface area contributed by atoms with Crippen LogP contribution in [0.15, 0.2) is 65.4 Å². The highest BCUT2D eigenvalue weighted by Gasteiger charge is 2.22. The second-order valence-electron chi connectivity index (χ2n) is 10.4. The van der Waals surface area contributed by atoms with Crippen LogP contribution in [0.3, 0.4) is 0 Å². The summed E-state index contributed by atoms with van der Waals surface area (Å²) in [5.41, 5.74) is 7.00. The molecule has 1 N–H and O–H groups in total. The molecule has 0 atom stereocenters. The fraction of sp³-hybridized carbons (Fsp3) is 0.364. The van der Waals surface area contributed by atoms with Crippen LogP contribution in [0, 0.1) is 28.8 Å². The molecule has 0 spiro atoms. The van der Waals surface area contributed by atoms with Gasteiger partial charge in [0.25, 0.3) is 0 Å². The van der Waals surface area contributed by atoms with Gasteiger partial charge in [-0.3, -0.25) is 15.1 Å². The van der Waals surface area contributed by atoms with Gasteiger partial charge in [0.2, 0.25) is 11.8 Å². The number of anilines is 2. The van der Waals surface area contributed by atoms with Crippen LogP contribution in [0.5, 0.6) is 5.75 Å². The first-order valence-corrected chi connectivity index (χ1v) is 14.2. The first kappa shape index (κ1) is 32.1. The fourth-order valence-corrected chi connectivity index (χ4v) is 4.98. The van der Waals surface area contributed by atoms with Gasteiger partial charge < -0.3 is 10.1 Å². The monoisotopic (exact) mass is 573 g/mol. The molecule has 1 heterocycles. The Hall–Kier alpha value is -4.40. The summed E-state index contributed by atoms with van der Waals surface area (Å²) < 4.78 is 19.5. The van der Waals surface area contributed by atoms with Crippen molar-refractivity contribution in [2.45, 2.75) is 67.2 Å². The summed E-state index contributed by atoms with van der Waals surface area (Å²) in [7, 11) is 1.36. The zero-order valence-corrected chi connectivity index (χ0v) is 25.5. The highest BCUT2D eigenvalue weighted by molar-refractivity contribution is 6.05. The number of nitrogens with one attached hydrogen (secondary N) is 1. The Labute approximate surface area is 247 Å². The van der Waals surface area contributed by atoms with Crippen LogP contribution in [0.2, 0.25) is 0 Å². The van der Waals surface area contributed by atoms with E-state index in [1.54, 1.807) is 12.4 Å². The Morgan fingerprint density at radius 2 is 1.98 bits per heavy atom. The minimum Gasteiger partial charge on any atom is -0.494 e. The Kier molecular flexibility index (Phi) is 11.5. The number of nitro benzene ring substituents is 1. The van der Waals surface area contributed by atoms with Crippen LogP contribution in [-0.2, 0) is 12.8 Å². The van der Waals surface area contributed by atoms with Crippen LogP contribution < -0.4 is 10.1 Å². The number of hydrogen-bond acceptors (Lipinski definition) is 7. The number of methoxy groups -OCH3 is 1. The molecule has 3 rings (SSSR count). The first-order valence-electron chi connectivity index (χ1n) is 14.2. The molecule has 2 aromatic carbocycles. The van der Waals surface area contributed by atoms with Gasteiger partial charge in [-0.2, -0.15) is 4.39 Å². The molecule has 222 valence electrons. The maximum Gasteiger partial charge on any atom is 0.307 e. The van der Waals surface area contributed by atoms with E-state index in [0.717, 1.165) is 48.3 Å². The van der Waals surface area contributed by atoms with Crippen LogP contribution >= 0.6 is 0 Å². The number of aryl methyl sites for hydroxylation is 1. The molecule has 3 aromatic rings. The van der Waals surface area contributed by atoms with E-state index in [1.807, 2.05) is 26.0 Å². The lowest BCUT2D eigenvalue weighted by Gasteiger charge is -2.21. The molecule has 1 aromatic heterocycles. The van der Waals surface area contributed by atoms with Crippen molar-refractivity contribution < 1.29 is 14.1 Å². The summed E-state index contributed by atoms with van der Waals surface area (Å²) in [6.07, 6.45) is 9.23. The number of unbranched alkanes of at least 4 members (excludes halogenated alkanes) is 1. The van der Waals surface area contributed by atoms with Gasteiger partial charge in [-0.15, -0.1) is 0 Å². The number of rotatable bonds is 13.